The zero-order chi connectivity index (χ0) is 8.39. The predicted octanol–water partition coefficient (Wildman–Crippen LogP) is 1.51. The van der Waals surface area contributed by atoms with E-state index in [0.717, 1.165) is 23.4 Å². The monoisotopic (exact) mass is 162 g/mol. The fraction of sp³-hybridized carbons (Fsp3) is 0.333. The lowest BCUT2D eigenvalue weighted by Crippen LogP contribution is -2.01. The molecule has 0 bridgehead atoms. The molecule has 0 saturated carbocycles. The Balaban J connectivity index is 2.39. The molecule has 0 N–H and O–H groups in total. The number of nitrogens with zero attached hydrogens (tertiary/aromatic N) is 2. The minimum absolute atomic E-state index is 0.698. The summed E-state index contributed by atoms with van der Waals surface area (Å²) in [5.74, 6) is 0. The third-order valence-corrected chi connectivity index (χ3v) is 1.92. The normalized spacial score (nSPS) is 15.6. The largest absolute Gasteiger partial charge is 0.395 e. The number of hydrogen-bond acceptors (Lipinski definition) is 3. The molecule has 2 rings (SSSR count). The van der Waals surface area contributed by atoms with Crippen molar-refractivity contribution in [3.05, 3.63) is 29.6 Å². The fourth-order valence-electron chi connectivity index (χ4n) is 1.28. The maximum Gasteiger partial charge on any atom is 0.122 e. The number of aromatic nitrogens is 1. The smallest absolute Gasteiger partial charge is 0.122 e. The van der Waals surface area contributed by atoms with Gasteiger partial charge in [-0.1, -0.05) is 5.16 Å². The third kappa shape index (κ3) is 1.18. The summed E-state index contributed by atoms with van der Waals surface area (Å²) in [6.07, 6.45) is 2.68. The maximum absolute atomic E-state index is 4.93. The van der Waals surface area contributed by atoms with E-state index in [9.17, 15) is 0 Å². The quantitative estimate of drug-likeness (QED) is 0.627. The van der Waals surface area contributed by atoms with Crippen molar-refractivity contribution in [3.63, 3.8) is 0 Å². The van der Waals surface area contributed by atoms with Gasteiger partial charge in [0.05, 0.1) is 5.71 Å². The minimum Gasteiger partial charge on any atom is -0.395 e. The van der Waals surface area contributed by atoms with Crippen molar-refractivity contribution in [3.8, 4) is 0 Å². The highest BCUT2D eigenvalue weighted by molar-refractivity contribution is 6.01. The Hall–Kier alpha value is -1.38. The molecule has 3 heteroatoms. The van der Waals surface area contributed by atoms with Crippen molar-refractivity contribution in [1.82, 2.24) is 4.98 Å². The van der Waals surface area contributed by atoms with Crippen molar-refractivity contribution in [2.24, 2.45) is 5.16 Å². The number of aryl methyl sites for hydroxylation is 1. The molecule has 0 spiro atoms. The fourth-order valence-corrected chi connectivity index (χ4v) is 1.28. The average Bonchev–Trinajstić information content (AvgIpc) is 2.57. The first-order valence-corrected chi connectivity index (χ1v) is 3.99. The molecule has 0 atom stereocenters. The summed E-state index contributed by atoms with van der Waals surface area (Å²) < 4.78 is 0. The Kier molecular flexibility index (Phi) is 1.78. The highest BCUT2D eigenvalue weighted by Gasteiger charge is 2.12. The molecule has 1 aliphatic heterocycles. The molecule has 0 saturated heterocycles. The Bertz CT molecular complexity index is 320. The highest BCUT2D eigenvalue weighted by atomic mass is 16.6. The van der Waals surface area contributed by atoms with Crippen molar-refractivity contribution in [2.45, 2.75) is 13.3 Å². The summed E-state index contributed by atoms with van der Waals surface area (Å²) in [6.45, 7) is 2.68. The molecule has 0 fully saturated rings. The van der Waals surface area contributed by atoms with Crippen LogP contribution in [0.2, 0.25) is 0 Å². The molecule has 0 aliphatic carbocycles. The molecule has 12 heavy (non-hydrogen) atoms. The van der Waals surface area contributed by atoms with E-state index in [2.05, 4.69) is 10.1 Å². The Morgan fingerprint density at radius 1 is 1.50 bits per heavy atom. The Labute approximate surface area is 71.1 Å². The summed E-state index contributed by atoms with van der Waals surface area (Å²) >= 11 is 0. The second kappa shape index (κ2) is 2.93. The molecule has 0 radical (unpaired) electrons. The summed E-state index contributed by atoms with van der Waals surface area (Å²) in [6, 6.07) is 3.94. The molecule has 0 unspecified atom stereocenters. The standard InChI is InChI=1S/C9H10N2O/c1-7-8(3-2-5-10-7)9-4-6-12-11-9/h2-3,5H,4,6H2,1H3. The van der Waals surface area contributed by atoms with Gasteiger partial charge in [0.2, 0.25) is 0 Å². The van der Waals surface area contributed by atoms with Crippen molar-refractivity contribution < 1.29 is 4.84 Å². The third-order valence-electron chi connectivity index (χ3n) is 1.92. The Morgan fingerprint density at radius 3 is 3.08 bits per heavy atom. The molecule has 1 aromatic heterocycles. The van der Waals surface area contributed by atoms with Gasteiger partial charge in [-0.3, -0.25) is 4.98 Å². The summed E-state index contributed by atoms with van der Waals surface area (Å²) in [4.78, 5) is 9.11. The van der Waals surface area contributed by atoms with Gasteiger partial charge in [-0.15, -0.1) is 0 Å². The van der Waals surface area contributed by atoms with E-state index in [-0.39, 0.29) is 0 Å². The lowest BCUT2D eigenvalue weighted by molar-refractivity contribution is 0.174. The lowest BCUT2D eigenvalue weighted by atomic mass is 10.1. The molecule has 0 aromatic carbocycles. The zero-order valence-corrected chi connectivity index (χ0v) is 6.95. The highest BCUT2D eigenvalue weighted by Crippen LogP contribution is 2.12. The molecule has 62 valence electrons. The first-order chi connectivity index (χ1) is 5.88. The number of hydrogen-bond donors (Lipinski definition) is 0. The van der Waals surface area contributed by atoms with Gasteiger partial charge in [0.15, 0.2) is 0 Å². The predicted molar refractivity (Wildman–Crippen MR) is 46.1 cm³/mol. The van der Waals surface area contributed by atoms with Gasteiger partial charge in [-0.2, -0.15) is 0 Å². The molecule has 3 nitrogen and oxygen atoms in total. The van der Waals surface area contributed by atoms with Gasteiger partial charge in [-0.05, 0) is 19.1 Å². The number of rotatable bonds is 1. The number of oxime groups is 1. The molecule has 1 aliphatic rings. The van der Waals surface area contributed by atoms with E-state index in [4.69, 9.17) is 4.84 Å². The van der Waals surface area contributed by atoms with E-state index >= 15 is 0 Å². The number of pyridine rings is 1. The van der Waals surface area contributed by atoms with E-state index in [0.29, 0.717) is 6.61 Å². The van der Waals surface area contributed by atoms with Crippen LogP contribution >= 0.6 is 0 Å². The second-order valence-electron chi connectivity index (χ2n) is 2.76. The van der Waals surface area contributed by atoms with Crippen LogP contribution in [-0.2, 0) is 4.84 Å². The van der Waals surface area contributed by atoms with E-state index in [1.807, 2.05) is 19.1 Å². The summed E-state index contributed by atoms with van der Waals surface area (Å²) in [7, 11) is 0. The van der Waals surface area contributed by atoms with Crippen molar-refractivity contribution >= 4 is 5.71 Å². The van der Waals surface area contributed by atoms with Crippen LogP contribution in [0.3, 0.4) is 0 Å². The minimum atomic E-state index is 0.698. The van der Waals surface area contributed by atoms with Crippen LogP contribution in [0.15, 0.2) is 23.5 Å². The SMILES string of the molecule is Cc1ncccc1C1=NOCC1. The van der Waals surface area contributed by atoms with E-state index in [1.165, 1.54) is 0 Å². The first kappa shape index (κ1) is 7.28. The Morgan fingerprint density at radius 2 is 2.42 bits per heavy atom. The van der Waals surface area contributed by atoms with Gasteiger partial charge in [0.1, 0.15) is 6.61 Å². The molecule has 1 aromatic rings. The van der Waals surface area contributed by atoms with Gasteiger partial charge >= 0.3 is 0 Å². The van der Waals surface area contributed by atoms with E-state index in [1.54, 1.807) is 6.20 Å². The molecule has 2 heterocycles. The van der Waals surface area contributed by atoms with Crippen LogP contribution in [0.4, 0.5) is 0 Å². The topological polar surface area (TPSA) is 34.5 Å². The van der Waals surface area contributed by atoms with Crippen LogP contribution in [0, 0.1) is 6.92 Å². The zero-order valence-electron chi connectivity index (χ0n) is 6.95. The van der Waals surface area contributed by atoms with Crippen LogP contribution in [0.5, 0.6) is 0 Å². The lowest BCUT2D eigenvalue weighted by Gasteiger charge is -2.00. The van der Waals surface area contributed by atoms with Gasteiger partial charge in [0, 0.05) is 23.9 Å². The van der Waals surface area contributed by atoms with Crippen LogP contribution in [0.25, 0.3) is 0 Å². The van der Waals surface area contributed by atoms with Crippen molar-refractivity contribution in [2.75, 3.05) is 6.61 Å². The van der Waals surface area contributed by atoms with Crippen LogP contribution in [0.1, 0.15) is 17.7 Å². The molecular weight excluding hydrogens is 152 g/mol. The van der Waals surface area contributed by atoms with Gasteiger partial charge in [-0.25, -0.2) is 0 Å². The maximum atomic E-state index is 4.93. The van der Waals surface area contributed by atoms with Crippen molar-refractivity contribution in [1.29, 1.82) is 0 Å². The first-order valence-electron chi connectivity index (χ1n) is 3.99. The van der Waals surface area contributed by atoms with Crippen LogP contribution < -0.4 is 0 Å². The molecule has 0 amide bonds. The molecular formula is C9H10N2O. The van der Waals surface area contributed by atoms with Gasteiger partial charge in [0.25, 0.3) is 0 Å². The van der Waals surface area contributed by atoms with E-state index < -0.39 is 0 Å². The second-order valence-corrected chi connectivity index (χ2v) is 2.76. The average molecular weight is 162 g/mol. The van der Waals surface area contributed by atoms with Crippen LogP contribution in [-0.4, -0.2) is 17.3 Å². The summed E-state index contributed by atoms with van der Waals surface area (Å²) in [5, 5.41) is 3.94. The summed E-state index contributed by atoms with van der Waals surface area (Å²) in [5.41, 5.74) is 3.14. The van der Waals surface area contributed by atoms with Gasteiger partial charge < -0.3 is 4.84 Å².